The van der Waals surface area contributed by atoms with Crippen LogP contribution in [0.5, 0.6) is 5.75 Å². The van der Waals surface area contributed by atoms with Crippen LogP contribution in [0.2, 0.25) is 0 Å². The van der Waals surface area contributed by atoms with Gasteiger partial charge in [0.1, 0.15) is 17.9 Å². The van der Waals surface area contributed by atoms with Crippen molar-refractivity contribution in [2.75, 3.05) is 5.32 Å². The standard InChI is InChI=1S/C25H19FN8OS/c1-14(24-27-6-3-7-28-24)35-20-9-16(17-10-31-34(2)12-17)8-19-21(20)25(30-13-29-19)33-18-5-4-15-11-32-36-23(15)22(18)26/h3-14H,1-2H3,(H,29,30,33)/t14-/m1/s1. The van der Waals surface area contributed by atoms with E-state index in [2.05, 4.69) is 34.7 Å². The molecule has 0 saturated heterocycles. The normalized spacial score (nSPS) is 12.2. The summed E-state index contributed by atoms with van der Waals surface area (Å²) in [5.74, 6) is 1.07. The molecule has 0 bridgehead atoms. The number of aryl methyl sites for hydroxylation is 1. The van der Waals surface area contributed by atoms with Gasteiger partial charge in [0.2, 0.25) is 0 Å². The summed E-state index contributed by atoms with van der Waals surface area (Å²) in [7, 11) is 1.86. The Morgan fingerprint density at radius 3 is 2.72 bits per heavy atom. The molecule has 0 amide bonds. The van der Waals surface area contributed by atoms with Gasteiger partial charge in [0.25, 0.3) is 0 Å². The maximum atomic E-state index is 15.2. The molecule has 0 aliphatic heterocycles. The molecule has 0 aliphatic carbocycles. The zero-order valence-corrected chi connectivity index (χ0v) is 20.1. The zero-order chi connectivity index (χ0) is 24.6. The number of nitrogens with one attached hydrogen (secondary N) is 1. The molecule has 4 heterocycles. The summed E-state index contributed by atoms with van der Waals surface area (Å²) >= 11 is 1.11. The van der Waals surface area contributed by atoms with Gasteiger partial charge in [-0.25, -0.2) is 24.3 Å². The Balaban J connectivity index is 1.49. The summed E-state index contributed by atoms with van der Waals surface area (Å²) in [5.41, 5.74) is 2.69. The average molecular weight is 499 g/mol. The van der Waals surface area contributed by atoms with Crippen molar-refractivity contribution in [3.63, 3.8) is 0 Å². The first-order chi connectivity index (χ1) is 17.6. The summed E-state index contributed by atoms with van der Waals surface area (Å²) in [6, 6.07) is 9.07. The van der Waals surface area contributed by atoms with Gasteiger partial charge in [-0.2, -0.15) is 9.47 Å². The minimum Gasteiger partial charge on any atom is -0.482 e. The predicted molar refractivity (Wildman–Crippen MR) is 136 cm³/mol. The van der Waals surface area contributed by atoms with Crippen molar-refractivity contribution in [2.45, 2.75) is 13.0 Å². The number of benzene rings is 2. The smallest absolute Gasteiger partial charge is 0.168 e. The van der Waals surface area contributed by atoms with E-state index in [1.54, 1.807) is 41.6 Å². The van der Waals surface area contributed by atoms with E-state index in [9.17, 15) is 0 Å². The highest BCUT2D eigenvalue weighted by molar-refractivity contribution is 7.13. The Labute approximate surface area is 208 Å². The summed E-state index contributed by atoms with van der Waals surface area (Å²) in [5, 5.41) is 8.77. The molecule has 9 nitrogen and oxygen atoms in total. The third kappa shape index (κ3) is 3.99. The van der Waals surface area contributed by atoms with Gasteiger partial charge < -0.3 is 10.1 Å². The molecule has 178 valence electrons. The largest absolute Gasteiger partial charge is 0.482 e. The fraction of sp³-hybridized carbons (Fsp3) is 0.120. The highest BCUT2D eigenvalue weighted by Gasteiger charge is 2.19. The SMILES string of the molecule is C[C@@H](Oc1cc(-c2cnn(C)c2)cc2ncnc(Nc3ccc4cnsc4c3F)c12)c1ncccn1. The van der Waals surface area contributed by atoms with Crippen molar-refractivity contribution in [1.29, 1.82) is 0 Å². The maximum absolute atomic E-state index is 15.2. The van der Waals surface area contributed by atoms with Gasteiger partial charge in [0.05, 0.1) is 27.5 Å². The average Bonchev–Trinajstić information content (AvgIpc) is 3.55. The molecule has 0 fully saturated rings. The summed E-state index contributed by atoms with van der Waals surface area (Å²) < 4.78 is 27.9. The first-order valence-electron chi connectivity index (χ1n) is 11.1. The number of hydrogen-bond acceptors (Lipinski definition) is 9. The van der Waals surface area contributed by atoms with E-state index in [1.165, 1.54) is 6.33 Å². The molecule has 1 atom stereocenters. The quantitative estimate of drug-likeness (QED) is 0.323. The lowest BCUT2D eigenvalue weighted by atomic mass is 10.1. The van der Waals surface area contributed by atoms with Gasteiger partial charge in [0, 0.05) is 42.8 Å². The molecule has 11 heteroatoms. The number of halogens is 1. The van der Waals surface area contributed by atoms with Crippen LogP contribution in [0.4, 0.5) is 15.9 Å². The lowest BCUT2D eigenvalue weighted by molar-refractivity contribution is 0.219. The number of nitrogens with zero attached hydrogens (tertiary/aromatic N) is 7. The van der Waals surface area contributed by atoms with Crippen LogP contribution >= 0.6 is 11.5 Å². The second-order valence-electron chi connectivity index (χ2n) is 8.16. The van der Waals surface area contributed by atoms with Crippen LogP contribution in [0.15, 0.2) is 67.6 Å². The maximum Gasteiger partial charge on any atom is 0.168 e. The topological polar surface area (TPSA) is 104 Å². The van der Waals surface area contributed by atoms with Crippen LogP contribution in [0.1, 0.15) is 18.9 Å². The van der Waals surface area contributed by atoms with E-state index in [0.717, 1.165) is 28.0 Å². The highest BCUT2D eigenvalue weighted by atomic mass is 32.1. The molecule has 0 unspecified atom stereocenters. The van der Waals surface area contributed by atoms with Gasteiger partial charge >= 0.3 is 0 Å². The first kappa shape index (κ1) is 22.0. The van der Waals surface area contributed by atoms with E-state index in [4.69, 9.17) is 4.74 Å². The van der Waals surface area contributed by atoms with Crippen LogP contribution in [-0.4, -0.2) is 34.1 Å². The number of fused-ring (bicyclic) bond motifs is 2. The van der Waals surface area contributed by atoms with Gasteiger partial charge in [0.15, 0.2) is 17.7 Å². The van der Waals surface area contributed by atoms with Gasteiger partial charge in [-0.05, 0) is 54.4 Å². The van der Waals surface area contributed by atoms with Crippen molar-refractivity contribution in [3.8, 4) is 16.9 Å². The Morgan fingerprint density at radius 1 is 1.06 bits per heavy atom. The van der Waals surface area contributed by atoms with Gasteiger partial charge in [-0.15, -0.1) is 0 Å². The lowest BCUT2D eigenvalue weighted by Gasteiger charge is -2.18. The third-order valence-electron chi connectivity index (χ3n) is 5.71. The predicted octanol–water partition coefficient (Wildman–Crippen LogP) is 5.45. The summed E-state index contributed by atoms with van der Waals surface area (Å²) in [4.78, 5) is 17.5. The van der Waals surface area contributed by atoms with Crippen molar-refractivity contribution in [3.05, 3.63) is 79.3 Å². The molecular formula is C25H19FN8OS. The van der Waals surface area contributed by atoms with Crippen molar-refractivity contribution < 1.29 is 9.13 Å². The number of ether oxygens (including phenoxy) is 1. The Hall–Kier alpha value is -4.51. The fourth-order valence-corrected chi connectivity index (χ4v) is 4.66. The second-order valence-corrected chi connectivity index (χ2v) is 8.96. The van der Waals surface area contributed by atoms with Crippen LogP contribution < -0.4 is 10.1 Å². The molecule has 0 spiro atoms. The molecule has 0 aliphatic rings. The van der Waals surface area contributed by atoms with Crippen LogP contribution in [-0.2, 0) is 7.05 Å². The van der Waals surface area contributed by atoms with Crippen molar-refractivity contribution in [1.82, 2.24) is 34.1 Å². The van der Waals surface area contributed by atoms with Crippen LogP contribution in [0.25, 0.3) is 32.1 Å². The minimum absolute atomic E-state index is 0.286. The Morgan fingerprint density at radius 2 is 1.92 bits per heavy atom. The molecule has 6 rings (SSSR count). The summed E-state index contributed by atoms with van der Waals surface area (Å²) in [6.45, 7) is 1.87. The number of aromatic nitrogens is 7. The van der Waals surface area contributed by atoms with E-state index < -0.39 is 6.10 Å². The monoisotopic (exact) mass is 498 g/mol. The molecule has 2 aromatic carbocycles. The van der Waals surface area contributed by atoms with E-state index in [0.29, 0.717) is 33.0 Å². The van der Waals surface area contributed by atoms with Crippen LogP contribution in [0.3, 0.4) is 0 Å². The lowest BCUT2D eigenvalue weighted by Crippen LogP contribution is -2.08. The Bertz CT molecular complexity index is 1700. The summed E-state index contributed by atoms with van der Waals surface area (Å²) in [6.07, 6.45) is 9.64. The fourth-order valence-electron chi connectivity index (χ4n) is 3.97. The van der Waals surface area contributed by atoms with Crippen molar-refractivity contribution >= 4 is 44.0 Å². The molecule has 6 aromatic rings. The number of anilines is 2. The second kappa shape index (κ2) is 8.93. The zero-order valence-electron chi connectivity index (χ0n) is 19.3. The van der Waals surface area contributed by atoms with Crippen molar-refractivity contribution in [2.24, 2.45) is 7.05 Å². The minimum atomic E-state index is -0.461. The molecule has 36 heavy (non-hydrogen) atoms. The molecule has 4 aromatic heterocycles. The number of hydrogen-bond donors (Lipinski definition) is 1. The van der Waals surface area contributed by atoms with E-state index >= 15 is 4.39 Å². The number of rotatable bonds is 6. The van der Waals surface area contributed by atoms with E-state index in [-0.39, 0.29) is 11.5 Å². The Kier molecular flexibility index (Phi) is 5.45. The van der Waals surface area contributed by atoms with Gasteiger partial charge in [-0.1, -0.05) is 0 Å². The molecule has 0 saturated carbocycles. The highest BCUT2D eigenvalue weighted by Crippen LogP contribution is 2.38. The third-order valence-corrected chi connectivity index (χ3v) is 6.52. The molecule has 1 N–H and O–H groups in total. The van der Waals surface area contributed by atoms with E-state index in [1.807, 2.05) is 38.4 Å². The van der Waals surface area contributed by atoms with Gasteiger partial charge in [-0.3, -0.25) is 4.68 Å². The molecular weight excluding hydrogens is 479 g/mol. The first-order valence-corrected chi connectivity index (χ1v) is 11.9. The molecule has 0 radical (unpaired) electrons. The van der Waals surface area contributed by atoms with Crippen LogP contribution in [0, 0.1) is 5.82 Å².